The van der Waals surface area contributed by atoms with Crippen LogP contribution in [0.25, 0.3) is 0 Å². The molecule has 6 heteroatoms. The molecule has 0 heterocycles. The number of rotatable bonds is 4. The molecule has 1 amide bonds. The van der Waals surface area contributed by atoms with Gasteiger partial charge in [-0.15, -0.1) is 0 Å². The second-order valence-electron chi connectivity index (χ2n) is 6.66. The van der Waals surface area contributed by atoms with Crippen LogP contribution in [0.15, 0.2) is 18.2 Å². The number of amides is 1. The molecule has 0 radical (unpaired) electrons. The number of anilines is 1. The van der Waals surface area contributed by atoms with Gasteiger partial charge in [-0.2, -0.15) is 0 Å². The van der Waals surface area contributed by atoms with E-state index in [4.69, 9.17) is 0 Å². The molecule has 2 fully saturated rings. The molecule has 2 N–H and O–H groups in total. The van der Waals surface area contributed by atoms with Crippen molar-refractivity contribution in [2.75, 3.05) is 11.0 Å². The van der Waals surface area contributed by atoms with Crippen LogP contribution in [0.2, 0.25) is 0 Å². The number of carbonyl (C=O) groups excluding carboxylic acids is 1. The van der Waals surface area contributed by atoms with Crippen molar-refractivity contribution in [3.05, 3.63) is 29.3 Å². The molecule has 22 heavy (non-hydrogen) atoms. The summed E-state index contributed by atoms with van der Waals surface area (Å²) >= 11 is 0. The minimum atomic E-state index is -3.31. The Morgan fingerprint density at radius 3 is 2.55 bits per heavy atom. The van der Waals surface area contributed by atoms with E-state index in [1.54, 1.807) is 25.1 Å². The van der Waals surface area contributed by atoms with Crippen LogP contribution in [-0.4, -0.2) is 26.6 Å². The first kappa shape index (κ1) is 15.3. The summed E-state index contributed by atoms with van der Waals surface area (Å²) in [6.07, 6.45) is 6.00. The number of hydrogen-bond donors (Lipinski definition) is 2. The molecule has 5 nitrogen and oxygen atoms in total. The summed E-state index contributed by atoms with van der Waals surface area (Å²) in [6.45, 7) is 1.79. The van der Waals surface area contributed by atoms with E-state index in [0.717, 1.165) is 24.2 Å². The van der Waals surface area contributed by atoms with Gasteiger partial charge in [-0.1, -0.05) is 6.42 Å². The monoisotopic (exact) mass is 322 g/mol. The van der Waals surface area contributed by atoms with Crippen LogP contribution in [0.4, 0.5) is 5.69 Å². The van der Waals surface area contributed by atoms with Crippen LogP contribution in [0.5, 0.6) is 0 Å². The van der Waals surface area contributed by atoms with Crippen LogP contribution < -0.4 is 10.0 Å². The van der Waals surface area contributed by atoms with Gasteiger partial charge >= 0.3 is 0 Å². The van der Waals surface area contributed by atoms with Crippen molar-refractivity contribution in [1.82, 2.24) is 5.32 Å². The van der Waals surface area contributed by atoms with Crippen LogP contribution in [0, 0.1) is 18.8 Å². The van der Waals surface area contributed by atoms with E-state index in [9.17, 15) is 13.2 Å². The molecule has 120 valence electrons. The van der Waals surface area contributed by atoms with Crippen molar-refractivity contribution in [2.24, 2.45) is 11.8 Å². The number of aryl methyl sites for hydroxylation is 1. The Bertz CT molecular complexity index is 699. The first-order valence-electron chi connectivity index (χ1n) is 7.71. The van der Waals surface area contributed by atoms with Gasteiger partial charge in [0, 0.05) is 11.6 Å². The molecule has 2 saturated carbocycles. The van der Waals surface area contributed by atoms with Crippen LogP contribution in [-0.2, 0) is 10.0 Å². The minimum Gasteiger partial charge on any atom is -0.349 e. The number of hydrogen-bond acceptors (Lipinski definition) is 3. The second kappa shape index (κ2) is 5.57. The average molecular weight is 322 g/mol. The first-order valence-corrected chi connectivity index (χ1v) is 9.60. The fourth-order valence-electron chi connectivity index (χ4n) is 3.79. The maximum atomic E-state index is 12.4. The molecule has 0 unspecified atom stereocenters. The Labute approximate surface area is 131 Å². The predicted molar refractivity (Wildman–Crippen MR) is 86.3 cm³/mol. The topological polar surface area (TPSA) is 75.3 Å². The fourth-order valence-corrected chi connectivity index (χ4v) is 4.42. The molecule has 3 rings (SSSR count). The number of benzene rings is 1. The Kier molecular flexibility index (Phi) is 3.89. The van der Waals surface area contributed by atoms with Crippen LogP contribution >= 0.6 is 0 Å². The maximum Gasteiger partial charge on any atom is 0.251 e. The zero-order chi connectivity index (χ0) is 15.9. The van der Waals surface area contributed by atoms with Gasteiger partial charge in [-0.05, 0) is 61.8 Å². The average Bonchev–Trinajstić information content (AvgIpc) is 3.02. The summed E-state index contributed by atoms with van der Waals surface area (Å²) in [6, 6.07) is 5.35. The molecule has 0 saturated heterocycles. The van der Waals surface area contributed by atoms with Crippen molar-refractivity contribution < 1.29 is 13.2 Å². The molecule has 3 atom stereocenters. The zero-order valence-corrected chi connectivity index (χ0v) is 13.7. The molecule has 0 aromatic heterocycles. The fraction of sp³-hybridized carbons (Fsp3) is 0.562. The number of nitrogens with one attached hydrogen (secondary N) is 2. The Balaban J connectivity index is 1.69. The van der Waals surface area contributed by atoms with E-state index in [1.165, 1.54) is 19.3 Å². The summed E-state index contributed by atoms with van der Waals surface area (Å²) in [7, 11) is -3.31. The van der Waals surface area contributed by atoms with Gasteiger partial charge < -0.3 is 5.32 Å². The van der Waals surface area contributed by atoms with Gasteiger partial charge in [-0.25, -0.2) is 8.42 Å². The number of carbonyl (C=O) groups is 1. The molecular weight excluding hydrogens is 300 g/mol. The van der Waals surface area contributed by atoms with Gasteiger partial charge in [-0.3, -0.25) is 9.52 Å². The third-order valence-electron chi connectivity index (χ3n) is 4.84. The van der Waals surface area contributed by atoms with E-state index in [1.807, 2.05) is 0 Å². The van der Waals surface area contributed by atoms with E-state index in [2.05, 4.69) is 10.0 Å². The highest BCUT2D eigenvalue weighted by Gasteiger charge is 2.40. The first-order chi connectivity index (χ1) is 10.3. The molecule has 2 bridgehead atoms. The normalized spacial score (nSPS) is 26.9. The van der Waals surface area contributed by atoms with Crippen molar-refractivity contribution in [3.8, 4) is 0 Å². The largest absolute Gasteiger partial charge is 0.349 e. The highest BCUT2D eigenvalue weighted by Crippen LogP contribution is 2.44. The summed E-state index contributed by atoms with van der Waals surface area (Å²) in [5.41, 5.74) is 1.84. The third-order valence-corrected chi connectivity index (χ3v) is 5.43. The molecular formula is C16H22N2O3S. The van der Waals surface area contributed by atoms with Crippen molar-refractivity contribution in [3.63, 3.8) is 0 Å². The summed E-state index contributed by atoms with van der Waals surface area (Å²) in [5, 5.41) is 3.14. The van der Waals surface area contributed by atoms with Gasteiger partial charge in [0.25, 0.3) is 5.91 Å². The molecule has 2 aliphatic carbocycles. The highest BCUT2D eigenvalue weighted by molar-refractivity contribution is 7.92. The highest BCUT2D eigenvalue weighted by atomic mass is 32.2. The van der Waals surface area contributed by atoms with Crippen molar-refractivity contribution >= 4 is 21.6 Å². The maximum absolute atomic E-state index is 12.4. The van der Waals surface area contributed by atoms with E-state index >= 15 is 0 Å². The molecule has 0 spiro atoms. The van der Waals surface area contributed by atoms with Crippen LogP contribution in [0.1, 0.15) is 41.6 Å². The van der Waals surface area contributed by atoms with E-state index in [0.29, 0.717) is 23.2 Å². The SMILES string of the molecule is Cc1cc(C(=O)N[C@H]2C[C@H]3CC[C@H]2C3)ccc1NS(C)(=O)=O. The summed E-state index contributed by atoms with van der Waals surface area (Å²) < 4.78 is 25.0. The van der Waals surface area contributed by atoms with E-state index in [-0.39, 0.29) is 5.91 Å². The van der Waals surface area contributed by atoms with Gasteiger partial charge in [0.05, 0.1) is 11.9 Å². The van der Waals surface area contributed by atoms with Gasteiger partial charge in [0.1, 0.15) is 0 Å². The lowest BCUT2D eigenvalue weighted by Crippen LogP contribution is -2.38. The van der Waals surface area contributed by atoms with E-state index < -0.39 is 10.0 Å². The molecule has 1 aromatic rings. The number of fused-ring (bicyclic) bond motifs is 2. The minimum absolute atomic E-state index is 0.0634. The number of sulfonamides is 1. The molecule has 2 aliphatic rings. The lowest BCUT2D eigenvalue weighted by atomic mass is 9.95. The lowest BCUT2D eigenvalue weighted by molar-refractivity contribution is 0.0923. The standard InChI is InChI=1S/C16H22N2O3S/c1-10-7-13(5-6-14(10)18-22(2,20)21)16(19)17-15-9-11-3-4-12(15)8-11/h5-7,11-12,15,18H,3-4,8-9H2,1-2H3,(H,17,19)/t11-,12-,15-/m0/s1. The van der Waals surface area contributed by atoms with Gasteiger partial charge in [0.2, 0.25) is 10.0 Å². The summed E-state index contributed by atoms with van der Waals surface area (Å²) in [4.78, 5) is 12.4. The second-order valence-corrected chi connectivity index (χ2v) is 8.41. The Morgan fingerprint density at radius 1 is 1.23 bits per heavy atom. The third kappa shape index (κ3) is 3.27. The predicted octanol–water partition coefficient (Wildman–Crippen LogP) is 2.28. The Morgan fingerprint density at radius 2 is 2.00 bits per heavy atom. The molecule has 1 aromatic carbocycles. The lowest BCUT2D eigenvalue weighted by Gasteiger charge is -2.23. The zero-order valence-electron chi connectivity index (χ0n) is 12.9. The smallest absolute Gasteiger partial charge is 0.251 e. The van der Waals surface area contributed by atoms with Crippen molar-refractivity contribution in [1.29, 1.82) is 0 Å². The van der Waals surface area contributed by atoms with Gasteiger partial charge in [0.15, 0.2) is 0 Å². The van der Waals surface area contributed by atoms with Crippen LogP contribution in [0.3, 0.4) is 0 Å². The molecule has 0 aliphatic heterocycles. The quantitative estimate of drug-likeness (QED) is 0.893. The summed E-state index contributed by atoms with van der Waals surface area (Å²) in [5.74, 6) is 1.37. The Hall–Kier alpha value is -1.56. The van der Waals surface area contributed by atoms with Crippen molar-refractivity contribution in [2.45, 2.75) is 38.6 Å².